The molecule has 0 aliphatic carbocycles. The summed E-state index contributed by atoms with van der Waals surface area (Å²) >= 11 is 0. The summed E-state index contributed by atoms with van der Waals surface area (Å²) in [5, 5.41) is 28.1. The summed E-state index contributed by atoms with van der Waals surface area (Å²) in [6.45, 7) is 0. The first-order valence-corrected chi connectivity index (χ1v) is 6.75. The van der Waals surface area contributed by atoms with Crippen LogP contribution >= 0.6 is 0 Å². The number of aromatic hydroxyl groups is 2. The molecule has 0 saturated carbocycles. The third-order valence-electron chi connectivity index (χ3n) is 3.63. The van der Waals surface area contributed by atoms with Gasteiger partial charge in [-0.25, -0.2) is 4.79 Å². The Morgan fingerprint density at radius 1 is 1.22 bits per heavy atom. The highest BCUT2D eigenvalue weighted by Crippen LogP contribution is 2.40. The van der Waals surface area contributed by atoms with E-state index in [0.717, 1.165) is 12.1 Å². The molecule has 2 heterocycles. The minimum atomic E-state index is -1.16. The van der Waals surface area contributed by atoms with Gasteiger partial charge in [-0.2, -0.15) is 0 Å². The minimum Gasteiger partial charge on any atom is -0.508 e. The maximum Gasteiger partial charge on any atom is 0.331 e. The molecule has 0 spiro atoms. The standard InChI is InChI=1S/C15H12O8/c16-6-1-8(17)15-9(18)4-10(22-12(15)2-6)7-3-14(21)23-11(7)5-13(19)20/h1-3,10-11,16-17H,4-5H2,(H,19,20). The van der Waals surface area contributed by atoms with Crippen molar-refractivity contribution in [1.82, 2.24) is 0 Å². The molecule has 2 atom stereocenters. The second-order valence-corrected chi connectivity index (χ2v) is 5.24. The van der Waals surface area contributed by atoms with E-state index in [2.05, 4.69) is 0 Å². The highest BCUT2D eigenvalue weighted by Gasteiger charge is 2.39. The zero-order chi connectivity index (χ0) is 16.7. The van der Waals surface area contributed by atoms with Gasteiger partial charge in [-0.15, -0.1) is 0 Å². The van der Waals surface area contributed by atoms with Gasteiger partial charge >= 0.3 is 11.9 Å². The first-order chi connectivity index (χ1) is 10.8. The summed E-state index contributed by atoms with van der Waals surface area (Å²) in [5.41, 5.74) is 0.193. The number of aliphatic carboxylic acids is 1. The lowest BCUT2D eigenvalue weighted by molar-refractivity contribution is -0.144. The van der Waals surface area contributed by atoms with E-state index in [9.17, 15) is 24.6 Å². The van der Waals surface area contributed by atoms with Crippen molar-refractivity contribution in [3.63, 3.8) is 0 Å². The molecule has 8 heteroatoms. The number of benzene rings is 1. The molecule has 0 fully saturated rings. The largest absolute Gasteiger partial charge is 0.508 e. The van der Waals surface area contributed by atoms with Gasteiger partial charge in [0.05, 0.1) is 12.8 Å². The molecule has 23 heavy (non-hydrogen) atoms. The SMILES string of the molecule is O=C(O)CC1OC(=O)C=C1C1CC(=O)c2c(O)cc(O)cc2O1. The van der Waals surface area contributed by atoms with Crippen LogP contribution in [0.4, 0.5) is 0 Å². The Hall–Kier alpha value is -3.03. The summed E-state index contributed by atoms with van der Waals surface area (Å²) in [5.74, 6) is -3.02. The molecule has 3 N–H and O–H groups in total. The molecule has 1 aromatic rings. The van der Waals surface area contributed by atoms with Gasteiger partial charge in [-0.1, -0.05) is 0 Å². The van der Waals surface area contributed by atoms with Crippen molar-refractivity contribution in [3.8, 4) is 17.2 Å². The number of ketones is 1. The van der Waals surface area contributed by atoms with Gasteiger partial charge in [0.15, 0.2) is 5.78 Å². The normalized spacial score (nSPS) is 22.9. The first-order valence-electron chi connectivity index (χ1n) is 6.75. The van der Waals surface area contributed by atoms with E-state index in [1.54, 1.807) is 0 Å². The van der Waals surface area contributed by atoms with Crippen molar-refractivity contribution < 1.29 is 39.2 Å². The fourth-order valence-electron chi connectivity index (χ4n) is 2.70. The predicted molar refractivity (Wildman–Crippen MR) is 73.4 cm³/mol. The Morgan fingerprint density at radius 2 is 1.96 bits per heavy atom. The van der Waals surface area contributed by atoms with Crippen molar-refractivity contribution >= 4 is 17.7 Å². The van der Waals surface area contributed by atoms with Gasteiger partial charge in [-0.3, -0.25) is 9.59 Å². The number of rotatable bonds is 3. The van der Waals surface area contributed by atoms with Crippen LogP contribution in [0.5, 0.6) is 17.2 Å². The maximum absolute atomic E-state index is 12.2. The monoisotopic (exact) mass is 320 g/mol. The molecular weight excluding hydrogens is 308 g/mol. The number of carbonyl (C=O) groups is 3. The second kappa shape index (κ2) is 5.31. The maximum atomic E-state index is 12.2. The molecule has 2 aliphatic heterocycles. The Balaban J connectivity index is 1.93. The Bertz CT molecular complexity index is 748. The van der Waals surface area contributed by atoms with E-state index in [-0.39, 0.29) is 29.1 Å². The van der Waals surface area contributed by atoms with E-state index in [1.807, 2.05) is 0 Å². The fourth-order valence-corrected chi connectivity index (χ4v) is 2.70. The first kappa shape index (κ1) is 14.9. The van der Waals surface area contributed by atoms with E-state index in [4.69, 9.17) is 14.6 Å². The zero-order valence-electron chi connectivity index (χ0n) is 11.7. The quantitative estimate of drug-likeness (QED) is 0.696. The molecule has 120 valence electrons. The van der Waals surface area contributed by atoms with Gasteiger partial charge in [0, 0.05) is 23.8 Å². The van der Waals surface area contributed by atoms with Crippen molar-refractivity contribution in [2.75, 3.05) is 0 Å². The number of carbonyl (C=O) groups excluding carboxylic acids is 2. The van der Waals surface area contributed by atoms with Crippen molar-refractivity contribution in [1.29, 1.82) is 0 Å². The Kier molecular flexibility index (Phi) is 3.44. The van der Waals surface area contributed by atoms with Crippen LogP contribution in [0.15, 0.2) is 23.8 Å². The van der Waals surface area contributed by atoms with Gasteiger partial charge < -0.3 is 24.8 Å². The predicted octanol–water partition coefficient (Wildman–Crippen LogP) is 0.758. The van der Waals surface area contributed by atoms with Gasteiger partial charge in [0.2, 0.25) is 0 Å². The number of fused-ring (bicyclic) bond motifs is 1. The van der Waals surface area contributed by atoms with E-state index < -0.39 is 42.1 Å². The summed E-state index contributed by atoms with van der Waals surface area (Å²) < 4.78 is 10.5. The number of carboxylic acid groups (broad SMARTS) is 1. The molecular formula is C15H12O8. The van der Waals surface area contributed by atoms with Crippen molar-refractivity contribution in [3.05, 3.63) is 29.3 Å². The molecule has 0 bridgehead atoms. The van der Waals surface area contributed by atoms with Gasteiger partial charge in [0.1, 0.15) is 35.0 Å². The third kappa shape index (κ3) is 2.70. The summed E-state index contributed by atoms with van der Waals surface area (Å²) in [6, 6.07) is 2.19. The van der Waals surface area contributed by atoms with Crippen LogP contribution in [-0.4, -0.2) is 45.2 Å². The molecule has 2 aliphatic rings. The highest BCUT2D eigenvalue weighted by molar-refractivity contribution is 6.03. The van der Waals surface area contributed by atoms with Gasteiger partial charge in [0.25, 0.3) is 0 Å². The number of hydrogen-bond donors (Lipinski definition) is 3. The third-order valence-corrected chi connectivity index (χ3v) is 3.63. The van der Waals surface area contributed by atoms with Crippen LogP contribution in [0, 0.1) is 0 Å². The molecule has 0 amide bonds. The Morgan fingerprint density at radius 3 is 2.65 bits per heavy atom. The fraction of sp³-hybridized carbons (Fsp3) is 0.267. The van der Waals surface area contributed by atoms with Crippen molar-refractivity contribution in [2.24, 2.45) is 0 Å². The number of Topliss-reactive ketones (excluding diaryl/α,β-unsaturated/α-hetero) is 1. The molecule has 0 aromatic heterocycles. The number of cyclic esters (lactones) is 1. The summed E-state index contributed by atoms with van der Waals surface area (Å²) in [4.78, 5) is 34.5. The van der Waals surface area contributed by atoms with Crippen LogP contribution in [0.2, 0.25) is 0 Å². The number of hydrogen-bond acceptors (Lipinski definition) is 7. The average Bonchev–Trinajstić information content (AvgIpc) is 2.77. The van der Waals surface area contributed by atoms with Crippen LogP contribution in [0.1, 0.15) is 23.2 Å². The number of carboxylic acids is 1. The summed E-state index contributed by atoms with van der Waals surface area (Å²) in [7, 11) is 0. The summed E-state index contributed by atoms with van der Waals surface area (Å²) in [6.07, 6.45) is -1.41. The van der Waals surface area contributed by atoms with Crippen molar-refractivity contribution in [2.45, 2.75) is 25.0 Å². The zero-order valence-corrected chi connectivity index (χ0v) is 11.7. The highest BCUT2D eigenvalue weighted by atomic mass is 16.6. The van der Waals surface area contributed by atoms with Crippen LogP contribution < -0.4 is 4.74 Å². The molecule has 0 radical (unpaired) electrons. The molecule has 8 nitrogen and oxygen atoms in total. The number of esters is 1. The number of ether oxygens (including phenoxy) is 2. The smallest absolute Gasteiger partial charge is 0.331 e. The van der Waals surface area contributed by atoms with Crippen LogP contribution in [-0.2, 0) is 14.3 Å². The average molecular weight is 320 g/mol. The van der Waals surface area contributed by atoms with E-state index in [0.29, 0.717) is 0 Å². The van der Waals surface area contributed by atoms with Crippen LogP contribution in [0.25, 0.3) is 0 Å². The second-order valence-electron chi connectivity index (χ2n) is 5.24. The number of phenolic OH excluding ortho intramolecular Hbond substituents is 2. The lowest BCUT2D eigenvalue weighted by Gasteiger charge is -2.28. The molecule has 3 rings (SSSR count). The van der Waals surface area contributed by atoms with E-state index >= 15 is 0 Å². The molecule has 0 saturated heterocycles. The molecule has 1 aromatic carbocycles. The molecule has 2 unspecified atom stereocenters. The van der Waals surface area contributed by atoms with Crippen LogP contribution in [0.3, 0.4) is 0 Å². The minimum absolute atomic E-state index is 0.0296. The van der Waals surface area contributed by atoms with E-state index in [1.165, 1.54) is 6.07 Å². The Labute approximate surface area is 129 Å². The lowest BCUT2D eigenvalue weighted by Crippen LogP contribution is -2.33. The topological polar surface area (TPSA) is 130 Å². The number of phenols is 2. The lowest BCUT2D eigenvalue weighted by atomic mass is 9.92. The van der Waals surface area contributed by atoms with Gasteiger partial charge in [-0.05, 0) is 0 Å².